The van der Waals surface area contributed by atoms with E-state index in [1.54, 1.807) is 0 Å². The van der Waals surface area contributed by atoms with Gasteiger partial charge in [0, 0.05) is 6.54 Å². The van der Waals surface area contributed by atoms with Crippen molar-refractivity contribution in [2.24, 2.45) is 0 Å². The predicted molar refractivity (Wildman–Crippen MR) is 72.5 cm³/mol. The summed E-state index contributed by atoms with van der Waals surface area (Å²) in [4.78, 5) is 0. The number of benzene rings is 1. The molecule has 0 aliphatic carbocycles. The Morgan fingerprint density at radius 2 is 1.94 bits per heavy atom. The van der Waals surface area contributed by atoms with Gasteiger partial charge in [0.05, 0.1) is 0 Å². The second kappa shape index (κ2) is 8.12. The second-order valence-electron chi connectivity index (χ2n) is 4.20. The van der Waals surface area contributed by atoms with Crippen LogP contribution in [-0.2, 0) is 0 Å². The number of unbranched alkanes of at least 4 members (excludes halogenated alkanes) is 2. The molecular formula is C15H23N. The van der Waals surface area contributed by atoms with Gasteiger partial charge in [0.1, 0.15) is 0 Å². The fourth-order valence-corrected chi connectivity index (χ4v) is 1.83. The third kappa shape index (κ3) is 5.13. The molecule has 0 aliphatic heterocycles. The van der Waals surface area contributed by atoms with Gasteiger partial charge in [-0.2, -0.15) is 0 Å². The Morgan fingerprint density at radius 1 is 1.19 bits per heavy atom. The topological polar surface area (TPSA) is 12.0 Å². The Bertz CT molecular complexity index is 300. The van der Waals surface area contributed by atoms with Crippen molar-refractivity contribution in [3.05, 3.63) is 41.5 Å². The van der Waals surface area contributed by atoms with Crippen LogP contribution in [-0.4, -0.2) is 13.6 Å². The fourth-order valence-electron chi connectivity index (χ4n) is 1.83. The molecule has 1 rings (SSSR count). The van der Waals surface area contributed by atoms with Crippen LogP contribution in [0.25, 0.3) is 6.08 Å². The average molecular weight is 217 g/mol. The van der Waals surface area contributed by atoms with Gasteiger partial charge < -0.3 is 5.32 Å². The lowest BCUT2D eigenvalue weighted by Gasteiger charge is -2.06. The summed E-state index contributed by atoms with van der Waals surface area (Å²) in [7, 11) is 2.01. The molecule has 1 heteroatoms. The third-order valence-electron chi connectivity index (χ3n) is 2.68. The Morgan fingerprint density at radius 3 is 2.56 bits per heavy atom. The molecule has 0 spiro atoms. The summed E-state index contributed by atoms with van der Waals surface area (Å²) in [5.41, 5.74) is 2.81. The first-order valence-corrected chi connectivity index (χ1v) is 6.26. The maximum absolute atomic E-state index is 3.25. The zero-order chi connectivity index (χ0) is 11.6. The molecule has 0 amide bonds. The number of rotatable bonds is 7. The van der Waals surface area contributed by atoms with Gasteiger partial charge in [-0.05, 0) is 25.5 Å². The van der Waals surface area contributed by atoms with Crippen LogP contribution in [0.15, 0.2) is 35.9 Å². The molecule has 0 aliphatic rings. The predicted octanol–water partition coefficient (Wildman–Crippen LogP) is 3.87. The molecule has 0 radical (unpaired) electrons. The lowest BCUT2D eigenvalue weighted by atomic mass is 10.0. The van der Waals surface area contributed by atoms with Crippen LogP contribution in [0, 0.1) is 0 Å². The zero-order valence-electron chi connectivity index (χ0n) is 10.5. The highest BCUT2D eigenvalue weighted by atomic mass is 14.8. The van der Waals surface area contributed by atoms with E-state index in [0.717, 1.165) is 6.54 Å². The van der Waals surface area contributed by atoms with E-state index < -0.39 is 0 Å². The number of hydrogen-bond acceptors (Lipinski definition) is 1. The van der Waals surface area contributed by atoms with Crippen LogP contribution in [0.1, 0.15) is 38.2 Å². The summed E-state index contributed by atoms with van der Waals surface area (Å²) in [5.74, 6) is 0. The molecule has 0 bridgehead atoms. The molecule has 0 aromatic heterocycles. The van der Waals surface area contributed by atoms with E-state index in [1.807, 2.05) is 7.05 Å². The number of hydrogen-bond donors (Lipinski definition) is 1. The van der Waals surface area contributed by atoms with Gasteiger partial charge in [-0.3, -0.25) is 0 Å². The molecule has 16 heavy (non-hydrogen) atoms. The standard InChI is InChI=1S/C15H23N/c1-3-4-6-11-15(13-16-2)12-14-9-7-5-8-10-14/h5,7-10,12,16H,3-4,6,11,13H2,1-2H3/b15-12-. The van der Waals surface area contributed by atoms with E-state index in [4.69, 9.17) is 0 Å². The van der Waals surface area contributed by atoms with Gasteiger partial charge in [-0.1, -0.05) is 61.7 Å². The molecule has 0 atom stereocenters. The first kappa shape index (κ1) is 13.0. The zero-order valence-corrected chi connectivity index (χ0v) is 10.5. The van der Waals surface area contributed by atoms with E-state index in [1.165, 1.54) is 36.8 Å². The maximum atomic E-state index is 3.25. The normalized spacial score (nSPS) is 11.8. The van der Waals surface area contributed by atoms with Crippen molar-refractivity contribution < 1.29 is 0 Å². The summed E-state index contributed by atoms with van der Waals surface area (Å²) in [6.45, 7) is 3.25. The van der Waals surface area contributed by atoms with E-state index in [2.05, 4.69) is 48.6 Å². The smallest absolute Gasteiger partial charge is 0.0164 e. The van der Waals surface area contributed by atoms with Gasteiger partial charge in [0.2, 0.25) is 0 Å². The molecule has 1 aromatic rings. The molecule has 88 valence electrons. The molecule has 0 heterocycles. The van der Waals surface area contributed by atoms with Gasteiger partial charge in [-0.15, -0.1) is 0 Å². The van der Waals surface area contributed by atoms with Crippen molar-refractivity contribution in [3.63, 3.8) is 0 Å². The lowest BCUT2D eigenvalue weighted by Crippen LogP contribution is -2.10. The van der Waals surface area contributed by atoms with E-state index in [-0.39, 0.29) is 0 Å². The van der Waals surface area contributed by atoms with Crippen LogP contribution >= 0.6 is 0 Å². The molecular weight excluding hydrogens is 194 g/mol. The Hall–Kier alpha value is -1.08. The minimum atomic E-state index is 0.999. The molecule has 0 saturated heterocycles. The van der Waals surface area contributed by atoms with Crippen molar-refractivity contribution >= 4 is 6.08 Å². The molecule has 1 nitrogen and oxygen atoms in total. The lowest BCUT2D eigenvalue weighted by molar-refractivity contribution is 0.696. The van der Waals surface area contributed by atoms with Gasteiger partial charge in [0.25, 0.3) is 0 Å². The number of nitrogens with one attached hydrogen (secondary N) is 1. The van der Waals surface area contributed by atoms with Crippen molar-refractivity contribution in [2.75, 3.05) is 13.6 Å². The van der Waals surface area contributed by atoms with Crippen molar-refractivity contribution in [1.82, 2.24) is 5.32 Å². The number of likely N-dealkylation sites (N-methyl/N-ethyl adjacent to an activating group) is 1. The monoisotopic (exact) mass is 217 g/mol. The Labute approximate surface area is 99.6 Å². The highest BCUT2D eigenvalue weighted by Crippen LogP contribution is 2.13. The van der Waals surface area contributed by atoms with E-state index >= 15 is 0 Å². The minimum Gasteiger partial charge on any atom is -0.316 e. The van der Waals surface area contributed by atoms with Gasteiger partial charge >= 0.3 is 0 Å². The molecule has 0 saturated carbocycles. The van der Waals surface area contributed by atoms with Crippen LogP contribution in [0.3, 0.4) is 0 Å². The molecule has 1 N–H and O–H groups in total. The Balaban J connectivity index is 2.58. The SMILES string of the molecule is CCCCC/C(=C/c1ccccc1)CNC. The van der Waals surface area contributed by atoms with E-state index in [9.17, 15) is 0 Å². The van der Waals surface area contributed by atoms with Crippen molar-refractivity contribution in [1.29, 1.82) is 0 Å². The van der Waals surface area contributed by atoms with Crippen LogP contribution in [0.4, 0.5) is 0 Å². The molecule has 0 unspecified atom stereocenters. The van der Waals surface area contributed by atoms with Crippen LogP contribution in [0.5, 0.6) is 0 Å². The summed E-state index contributed by atoms with van der Waals surface area (Å²) in [6, 6.07) is 10.6. The summed E-state index contributed by atoms with van der Waals surface area (Å²) < 4.78 is 0. The van der Waals surface area contributed by atoms with Crippen LogP contribution < -0.4 is 5.32 Å². The summed E-state index contributed by atoms with van der Waals surface area (Å²) in [6.07, 6.45) is 7.45. The maximum Gasteiger partial charge on any atom is 0.0164 e. The second-order valence-corrected chi connectivity index (χ2v) is 4.20. The summed E-state index contributed by atoms with van der Waals surface area (Å²) >= 11 is 0. The first-order chi connectivity index (χ1) is 7.86. The van der Waals surface area contributed by atoms with Crippen molar-refractivity contribution in [3.8, 4) is 0 Å². The van der Waals surface area contributed by atoms with Crippen LogP contribution in [0.2, 0.25) is 0 Å². The summed E-state index contributed by atoms with van der Waals surface area (Å²) in [5, 5.41) is 3.25. The quantitative estimate of drug-likeness (QED) is 0.684. The first-order valence-electron chi connectivity index (χ1n) is 6.26. The van der Waals surface area contributed by atoms with Crippen molar-refractivity contribution in [2.45, 2.75) is 32.6 Å². The van der Waals surface area contributed by atoms with Gasteiger partial charge in [0.15, 0.2) is 0 Å². The third-order valence-corrected chi connectivity index (χ3v) is 2.68. The fraction of sp³-hybridized carbons (Fsp3) is 0.467. The Kier molecular flexibility index (Phi) is 6.59. The average Bonchev–Trinajstić information content (AvgIpc) is 2.31. The minimum absolute atomic E-state index is 0.999. The largest absolute Gasteiger partial charge is 0.316 e. The highest BCUT2D eigenvalue weighted by Gasteiger charge is 1.97. The van der Waals surface area contributed by atoms with Gasteiger partial charge in [-0.25, -0.2) is 0 Å². The van der Waals surface area contributed by atoms with E-state index in [0.29, 0.717) is 0 Å². The highest BCUT2D eigenvalue weighted by molar-refractivity contribution is 5.52. The molecule has 1 aromatic carbocycles. The molecule has 0 fully saturated rings.